The first-order valence-corrected chi connectivity index (χ1v) is 7.95. The van der Waals surface area contributed by atoms with Gasteiger partial charge in [-0.15, -0.1) is 0 Å². The van der Waals surface area contributed by atoms with Gasteiger partial charge in [0.25, 0.3) is 10.0 Å². The average Bonchev–Trinajstić information content (AvgIpc) is 2.85. The Morgan fingerprint density at radius 2 is 1.95 bits per heavy atom. The Kier molecular flexibility index (Phi) is 4.24. The number of rotatable bonds is 5. The molecule has 0 bridgehead atoms. The van der Waals surface area contributed by atoms with Crippen LogP contribution >= 0.6 is 0 Å². The molecule has 0 aliphatic carbocycles. The predicted molar refractivity (Wildman–Crippen MR) is 82.9 cm³/mol. The fourth-order valence-corrected chi connectivity index (χ4v) is 2.39. The molecule has 0 saturated carbocycles. The lowest BCUT2D eigenvalue weighted by atomic mass is 10.1. The number of nitrogens with zero attached hydrogens (tertiary/aromatic N) is 1. The molecule has 6 nitrogen and oxygen atoms in total. The molecule has 0 saturated heterocycles. The maximum absolute atomic E-state index is 11.1. The van der Waals surface area contributed by atoms with Crippen LogP contribution in [0.3, 0.4) is 0 Å². The second-order valence-electron chi connectivity index (χ2n) is 5.01. The highest BCUT2D eigenvalue weighted by molar-refractivity contribution is 7.89. The van der Waals surface area contributed by atoms with Crippen LogP contribution < -0.4 is 15.4 Å². The first-order chi connectivity index (χ1) is 9.77. The molecule has 1 heterocycles. The summed E-state index contributed by atoms with van der Waals surface area (Å²) < 4.78 is 27.5. The number of hydrogen-bond donors (Lipinski definition) is 2. The number of anilines is 2. The van der Waals surface area contributed by atoms with Gasteiger partial charge < -0.3 is 14.6 Å². The summed E-state index contributed by atoms with van der Waals surface area (Å²) in [4.78, 5) is 2.03. The van der Waals surface area contributed by atoms with E-state index in [0.29, 0.717) is 12.3 Å². The lowest BCUT2D eigenvalue weighted by molar-refractivity contribution is 0.419. The minimum absolute atomic E-state index is 0.223. The number of furan rings is 1. The van der Waals surface area contributed by atoms with Crippen molar-refractivity contribution in [2.45, 2.75) is 18.6 Å². The quantitative estimate of drug-likeness (QED) is 0.881. The van der Waals surface area contributed by atoms with Gasteiger partial charge in [0, 0.05) is 25.5 Å². The van der Waals surface area contributed by atoms with E-state index in [2.05, 4.69) is 11.4 Å². The van der Waals surface area contributed by atoms with Crippen molar-refractivity contribution in [1.29, 1.82) is 0 Å². The van der Waals surface area contributed by atoms with Crippen LogP contribution in [-0.2, 0) is 16.6 Å². The molecule has 1 aromatic carbocycles. The Balaban J connectivity index is 2.08. The van der Waals surface area contributed by atoms with Crippen LogP contribution in [0.5, 0.6) is 0 Å². The van der Waals surface area contributed by atoms with E-state index < -0.39 is 10.0 Å². The standard InChI is InChI=1S/C14H19N3O3S/c1-10-8-11(17(2)3)4-6-13(10)16-9-12-5-7-14(20-12)21(15,18)19/h4-8,16H,9H2,1-3H3,(H2,15,18,19). The SMILES string of the molecule is Cc1cc(N(C)C)ccc1NCc1ccc(S(N)(=O)=O)o1. The predicted octanol–water partition coefficient (Wildman–Crippen LogP) is 1.91. The molecule has 21 heavy (non-hydrogen) atoms. The summed E-state index contributed by atoms with van der Waals surface area (Å²) in [5, 5.41) is 7.99. The minimum Gasteiger partial charge on any atom is -0.446 e. The molecule has 2 aromatic rings. The van der Waals surface area contributed by atoms with E-state index in [1.807, 2.05) is 38.1 Å². The number of nitrogens with one attached hydrogen (secondary N) is 1. The monoisotopic (exact) mass is 309 g/mol. The van der Waals surface area contributed by atoms with Crippen LogP contribution in [0.4, 0.5) is 11.4 Å². The molecule has 0 aliphatic rings. The number of sulfonamides is 1. The van der Waals surface area contributed by atoms with Crippen LogP contribution in [0.1, 0.15) is 11.3 Å². The molecule has 3 N–H and O–H groups in total. The van der Waals surface area contributed by atoms with E-state index in [1.54, 1.807) is 6.07 Å². The zero-order valence-corrected chi connectivity index (χ0v) is 13.1. The minimum atomic E-state index is -3.79. The van der Waals surface area contributed by atoms with Crippen molar-refractivity contribution in [3.8, 4) is 0 Å². The van der Waals surface area contributed by atoms with E-state index >= 15 is 0 Å². The topological polar surface area (TPSA) is 88.6 Å². The third kappa shape index (κ3) is 3.77. The van der Waals surface area contributed by atoms with Crippen molar-refractivity contribution in [3.63, 3.8) is 0 Å². The summed E-state index contributed by atoms with van der Waals surface area (Å²) in [5.74, 6) is 0.509. The van der Waals surface area contributed by atoms with Gasteiger partial charge in [-0.25, -0.2) is 13.6 Å². The number of aryl methyl sites for hydroxylation is 1. The first kappa shape index (κ1) is 15.4. The summed E-state index contributed by atoms with van der Waals surface area (Å²) in [6.45, 7) is 2.39. The molecular weight excluding hydrogens is 290 g/mol. The van der Waals surface area contributed by atoms with Gasteiger partial charge in [-0.1, -0.05) is 0 Å². The van der Waals surface area contributed by atoms with Crippen LogP contribution in [-0.4, -0.2) is 22.5 Å². The smallest absolute Gasteiger partial charge is 0.271 e. The van der Waals surface area contributed by atoms with E-state index in [0.717, 1.165) is 16.9 Å². The van der Waals surface area contributed by atoms with E-state index in [4.69, 9.17) is 9.56 Å². The average molecular weight is 309 g/mol. The summed E-state index contributed by atoms with van der Waals surface area (Å²) in [6, 6.07) is 9.01. The van der Waals surface area contributed by atoms with Gasteiger partial charge >= 0.3 is 0 Å². The van der Waals surface area contributed by atoms with E-state index in [1.165, 1.54) is 6.07 Å². The highest BCUT2D eigenvalue weighted by Gasteiger charge is 2.13. The zero-order valence-electron chi connectivity index (χ0n) is 12.3. The molecule has 2 rings (SSSR count). The lowest BCUT2D eigenvalue weighted by Crippen LogP contribution is -2.11. The molecule has 0 unspecified atom stereocenters. The van der Waals surface area contributed by atoms with Gasteiger partial charge in [-0.2, -0.15) is 0 Å². The zero-order chi connectivity index (χ0) is 15.6. The largest absolute Gasteiger partial charge is 0.446 e. The highest BCUT2D eigenvalue weighted by atomic mass is 32.2. The first-order valence-electron chi connectivity index (χ1n) is 6.41. The maximum atomic E-state index is 11.1. The van der Waals surface area contributed by atoms with E-state index in [-0.39, 0.29) is 5.09 Å². The molecule has 0 atom stereocenters. The molecule has 1 aromatic heterocycles. The van der Waals surface area contributed by atoms with Crippen molar-refractivity contribution < 1.29 is 12.8 Å². The third-order valence-electron chi connectivity index (χ3n) is 3.10. The second-order valence-corrected chi connectivity index (χ2v) is 6.51. The van der Waals surface area contributed by atoms with Gasteiger partial charge in [0.15, 0.2) is 0 Å². The maximum Gasteiger partial charge on any atom is 0.271 e. The van der Waals surface area contributed by atoms with Crippen molar-refractivity contribution in [1.82, 2.24) is 0 Å². The molecule has 0 radical (unpaired) electrons. The van der Waals surface area contributed by atoms with Crippen LogP contribution in [0.2, 0.25) is 0 Å². The van der Waals surface area contributed by atoms with Gasteiger partial charge in [-0.05, 0) is 42.8 Å². The number of hydrogen-bond acceptors (Lipinski definition) is 5. The van der Waals surface area contributed by atoms with E-state index in [9.17, 15) is 8.42 Å². The molecule has 114 valence electrons. The molecule has 0 aliphatic heterocycles. The Morgan fingerprint density at radius 3 is 2.48 bits per heavy atom. The van der Waals surface area contributed by atoms with Crippen molar-refractivity contribution in [2.75, 3.05) is 24.3 Å². The Labute approximate surface area is 124 Å². The Bertz CT molecular complexity index is 736. The number of nitrogens with two attached hydrogens (primary N) is 1. The van der Waals surface area contributed by atoms with Gasteiger partial charge in [-0.3, -0.25) is 0 Å². The fourth-order valence-electron chi connectivity index (χ4n) is 1.91. The Hall–Kier alpha value is -1.99. The number of primary sulfonamides is 1. The summed E-state index contributed by atoms with van der Waals surface area (Å²) in [5.41, 5.74) is 3.18. The molecule has 0 amide bonds. The van der Waals surface area contributed by atoms with Crippen molar-refractivity contribution in [2.24, 2.45) is 5.14 Å². The van der Waals surface area contributed by atoms with Crippen LogP contribution in [0.25, 0.3) is 0 Å². The summed E-state index contributed by atoms with van der Waals surface area (Å²) in [6.07, 6.45) is 0. The second kappa shape index (κ2) is 5.79. The van der Waals surface area contributed by atoms with Crippen LogP contribution in [0, 0.1) is 6.92 Å². The van der Waals surface area contributed by atoms with Crippen molar-refractivity contribution >= 4 is 21.4 Å². The normalized spacial score (nSPS) is 11.4. The lowest BCUT2D eigenvalue weighted by Gasteiger charge is -2.15. The van der Waals surface area contributed by atoms with Gasteiger partial charge in [0.05, 0.1) is 6.54 Å². The molecule has 7 heteroatoms. The van der Waals surface area contributed by atoms with Crippen molar-refractivity contribution in [3.05, 3.63) is 41.7 Å². The molecule has 0 spiro atoms. The van der Waals surface area contributed by atoms with Gasteiger partial charge in [0.2, 0.25) is 5.09 Å². The number of benzene rings is 1. The molecule has 0 fully saturated rings. The summed E-state index contributed by atoms with van der Waals surface area (Å²) in [7, 11) is 0.183. The van der Waals surface area contributed by atoms with Crippen LogP contribution in [0.15, 0.2) is 39.8 Å². The molecular formula is C14H19N3O3S. The third-order valence-corrected chi connectivity index (χ3v) is 3.88. The Morgan fingerprint density at radius 1 is 1.24 bits per heavy atom. The summed E-state index contributed by atoms with van der Waals surface area (Å²) >= 11 is 0. The fraction of sp³-hybridized carbons (Fsp3) is 0.286. The highest BCUT2D eigenvalue weighted by Crippen LogP contribution is 2.22. The van der Waals surface area contributed by atoms with Gasteiger partial charge in [0.1, 0.15) is 5.76 Å².